The number of aromatic nitrogens is 2. The summed E-state index contributed by atoms with van der Waals surface area (Å²) in [5.74, 6) is 0.105. The molecular formula is C17H18N4O4. The van der Waals surface area contributed by atoms with E-state index in [9.17, 15) is 9.59 Å². The first-order valence-corrected chi connectivity index (χ1v) is 7.82. The minimum atomic E-state index is -0.892. The van der Waals surface area contributed by atoms with Crippen LogP contribution < -0.4 is 4.90 Å². The summed E-state index contributed by atoms with van der Waals surface area (Å²) >= 11 is 0. The molecule has 0 spiro atoms. The van der Waals surface area contributed by atoms with Crippen molar-refractivity contribution in [2.75, 3.05) is 38.2 Å². The first-order chi connectivity index (χ1) is 12.1. The van der Waals surface area contributed by atoms with Crippen molar-refractivity contribution in [2.24, 2.45) is 0 Å². The van der Waals surface area contributed by atoms with Crippen LogP contribution in [0.15, 0.2) is 36.7 Å². The van der Waals surface area contributed by atoms with E-state index in [4.69, 9.17) is 9.84 Å². The Morgan fingerprint density at radius 3 is 2.40 bits per heavy atom. The second kappa shape index (κ2) is 7.16. The van der Waals surface area contributed by atoms with E-state index in [0.717, 1.165) is 11.3 Å². The van der Waals surface area contributed by atoms with Gasteiger partial charge < -0.3 is 19.6 Å². The molecule has 1 amide bonds. The van der Waals surface area contributed by atoms with Crippen molar-refractivity contribution in [1.29, 1.82) is 0 Å². The maximum Gasteiger partial charge on any atom is 0.407 e. The number of ether oxygens (including phenoxy) is 1. The van der Waals surface area contributed by atoms with Gasteiger partial charge >= 0.3 is 12.1 Å². The van der Waals surface area contributed by atoms with Crippen molar-refractivity contribution in [2.45, 2.75) is 0 Å². The normalized spacial score (nSPS) is 14.3. The summed E-state index contributed by atoms with van der Waals surface area (Å²) in [5.41, 5.74) is 2.01. The molecule has 8 heteroatoms. The number of carbonyl (C=O) groups is 2. The molecule has 0 unspecified atom stereocenters. The Labute approximate surface area is 144 Å². The fraction of sp³-hybridized carbons (Fsp3) is 0.294. The number of methoxy groups -OCH3 is 1. The number of esters is 1. The average molecular weight is 342 g/mol. The van der Waals surface area contributed by atoms with Crippen LogP contribution in [0.2, 0.25) is 0 Å². The van der Waals surface area contributed by atoms with E-state index in [1.807, 2.05) is 11.0 Å². The number of hydrogen-bond acceptors (Lipinski definition) is 6. The number of amides is 1. The maximum atomic E-state index is 11.6. The Hall–Kier alpha value is -3.16. The van der Waals surface area contributed by atoms with Gasteiger partial charge in [0.25, 0.3) is 0 Å². The predicted molar refractivity (Wildman–Crippen MR) is 90.6 cm³/mol. The van der Waals surface area contributed by atoms with Gasteiger partial charge in [-0.1, -0.05) is 12.1 Å². The first kappa shape index (κ1) is 16.7. The second-order valence-corrected chi connectivity index (χ2v) is 5.59. The zero-order valence-electron chi connectivity index (χ0n) is 13.8. The molecule has 2 heterocycles. The van der Waals surface area contributed by atoms with Gasteiger partial charge in [-0.15, -0.1) is 0 Å². The Balaban J connectivity index is 1.73. The molecule has 130 valence electrons. The van der Waals surface area contributed by atoms with Crippen LogP contribution in [0.4, 0.5) is 10.5 Å². The van der Waals surface area contributed by atoms with Gasteiger partial charge in [-0.3, -0.25) is 0 Å². The van der Waals surface area contributed by atoms with Crippen LogP contribution in [0.25, 0.3) is 11.4 Å². The summed E-state index contributed by atoms with van der Waals surface area (Å²) in [6.45, 7) is 2.12. The van der Waals surface area contributed by atoms with E-state index < -0.39 is 12.1 Å². The minimum absolute atomic E-state index is 0.408. The third-order valence-corrected chi connectivity index (χ3v) is 4.10. The molecule has 3 rings (SSSR count). The molecule has 2 aromatic rings. The minimum Gasteiger partial charge on any atom is -0.465 e. The number of hydrogen-bond donors (Lipinski definition) is 1. The van der Waals surface area contributed by atoms with Crippen molar-refractivity contribution in [1.82, 2.24) is 14.9 Å². The third kappa shape index (κ3) is 3.68. The largest absolute Gasteiger partial charge is 0.465 e. The molecule has 0 aliphatic carbocycles. The smallest absolute Gasteiger partial charge is 0.407 e. The summed E-state index contributed by atoms with van der Waals surface area (Å²) in [5, 5.41) is 8.99. The highest BCUT2D eigenvalue weighted by molar-refractivity contribution is 5.90. The van der Waals surface area contributed by atoms with E-state index >= 15 is 0 Å². The number of benzene rings is 1. The fourth-order valence-corrected chi connectivity index (χ4v) is 2.69. The number of rotatable bonds is 3. The maximum absolute atomic E-state index is 11.6. The number of piperazine rings is 1. The molecular weight excluding hydrogens is 324 g/mol. The standard InChI is InChI=1S/C17H18N4O4/c1-25-16(22)13-4-2-3-12(9-13)15-18-10-14(11-19-15)20-5-7-21(8-6-20)17(23)24/h2-4,9-11H,5-8H2,1H3,(H,23,24). The van der Waals surface area contributed by atoms with Gasteiger partial charge in [-0.25, -0.2) is 19.6 Å². The Morgan fingerprint density at radius 1 is 1.12 bits per heavy atom. The van der Waals surface area contributed by atoms with Crippen molar-refractivity contribution in [3.8, 4) is 11.4 Å². The Morgan fingerprint density at radius 2 is 1.80 bits per heavy atom. The lowest BCUT2D eigenvalue weighted by molar-refractivity contribution is 0.0600. The van der Waals surface area contributed by atoms with Gasteiger partial charge in [0.2, 0.25) is 0 Å². The van der Waals surface area contributed by atoms with Crippen LogP contribution >= 0.6 is 0 Å². The third-order valence-electron chi connectivity index (χ3n) is 4.10. The van der Waals surface area contributed by atoms with Crippen LogP contribution in [0.3, 0.4) is 0 Å². The Bertz CT molecular complexity index is 770. The van der Waals surface area contributed by atoms with E-state index in [-0.39, 0.29) is 0 Å². The molecule has 25 heavy (non-hydrogen) atoms. The summed E-state index contributed by atoms with van der Waals surface area (Å²) < 4.78 is 4.72. The molecule has 8 nitrogen and oxygen atoms in total. The molecule has 0 bridgehead atoms. The predicted octanol–water partition coefficient (Wildman–Crippen LogP) is 1.73. The van der Waals surface area contributed by atoms with Crippen molar-refractivity contribution >= 4 is 17.7 Å². The molecule has 1 aromatic heterocycles. The number of carboxylic acid groups (broad SMARTS) is 1. The zero-order chi connectivity index (χ0) is 17.8. The molecule has 1 saturated heterocycles. The lowest BCUT2D eigenvalue weighted by atomic mass is 10.1. The molecule has 1 fully saturated rings. The molecule has 0 atom stereocenters. The summed E-state index contributed by atoms with van der Waals surface area (Å²) in [4.78, 5) is 34.7. The van der Waals surface area contributed by atoms with E-state index in [1.54, 1.807) is 30.6 Å². The number of nitrogens with zero attached hydrogens (tertiary/aromatic N) is 4. The molecule has 1 aliphatic heterocycles. The van der Waals surface area contributed by atoms with Crippen molar-refractivity contribution < 1.29 is 19.4 Å². The molecule has 1 aromatic carbocycles. The van der Waals surface area contributed by atoms with Crippen molar-refractivity contribution in [3.05, 3.63) is 42.2 Å². The van der Waals surface area contributed by atoms with Crippen LogP contribution in [0.5, 0.6) is 0 Å². The van der Waals surface area contributed by atoms with Crippen LogP contribution in [0.1, 0.15) is 10.4 Å². The monoisotopic (exact) mass is 342 g/mol. The quantitative estimate of drug-likeness (QED) is 0.849. The molecule has 0 saturated carbocycles. The van der Waals surface area contributed by atoms with Gasteiger partial charge in [0, 0.05) is 31.7 Å². The van der Waals surface area contributed by atoms with Crippen LogP contribution in [-0.4, -0.2) is 65.3 Å². The summed E-state index contributed by atoms with van der Waals surface area (Å²) in [6.07, 6.45) is 2.53. The van der Waals surface area contributed by atoms with Gasteiger partial charge in [-0.2, -0.15) is 0 Å². The topological polar surface area (TPSA) is 95.9 Å². The Kier molecular flexibility index (Phi) is 4.78. The highest BCUT2D eigenvalue weighted by Crippen LogP contribution is 2.20. The van der Waals surface area contributed by atoms with Gasteiger partial charge in [0.05, 0.1) is 30.8 Å². The van der Waals surface area contributed by atoms with Crippen LogP contribution in [0, 0.1) is 0 Å². The zero-order valence-corrected chi connectivity index (χ0v) is 13.8. The lowest BCUT2D eigenvalue weighted by Crippen LogP contribution is -2.48. The summed E-state index contributed by atoms with van der Waals surface area (Å²) in [6, 6.07) is 6.94. The summed E-state index contributed by atoms with van der Waals surface area (Å²) in [7, 11) is 1.34. The van der Waals surface area contributed by atoms with Crippen molar-refractivity contribution in [3.63, 3.8) is 0 Å². The van der Waals surface area contributed by atoms with E-state index in [2.05, 4.69) is 9.97 Å². The average Bonchev–Trinajstić information content (AvgIpc) is 2.67. The lowest BCUT2D eigenvalue weighted by Gasteiger charge is -2.34. The molecule has 1 aliphatic rings. The highest BCUT2D eigenvalue weighted by atomic mass is 16.5. The van der Waals surface area contributed by atoms with Crippen LogP contribution in [-0.2, 0) is 4.74 Å². The molecule has 1 N–H and O–H groups in total. The number of carbonyl (C=O) groups excluding carboxylic acids is 1. The molecule has 0 radical (unpaired) electrons. The van der Waals surface area contributed by atoms with Gasteiger partial charge in [-0.05, 0) is 12.1 Å². The van der Waals surface area contributed by atoms with E-state index in [0.29, 0.717) is 37.6 Å². The number of anilines is 1. The van der Waals surface area contributed by atoms with E-state index in [1.165, 1.54) is 12.0 Å². The first-order valence-electron chi connectivity index (χ1n) is 7.82. The van der Waals surface area contributed by atoms with Gasteiger partial charge in [0.1, 0.15) is 0 Å². The SMILES string of the molecule is COC(=O)c1cccc(-c2ncc(N3CCN(C(=O)O)CC3)cn2)c1. The van der Waals surface area contributed by atoms with Gasteiger partial charge in [0.15, 0.2) is 5.82 Å². The second-order valence-electron chi connectivity index (χ2n) is 5.59. The fourth-order valence-electron chi connectivity index (χ4n) is 2.69. The highest BCUT2D eigenvalue weighted by Gasteiger charge is 2.21.